The van der Waals surface area contributed by atoms with Crippen molar-refractivity contribution >= 4 is 17.7 Å². The van der Waals surface area contributed by atoms with Gasteiger partial charge < -0.3 is 9.84 Å². The fourth-order valence-electron chi connectivity index (χ4n) is 1.81. The summed E-state index contributed by atoms with van der Waals surface area (Å²) in [5, 5.41) is 8.86. The highest BCUT2D eigenvalue weighted by molar-refractivity contribution is 8.02. The fraction of sp³-hybridized carbons (Fsp3) is 0.150. The molecule has 0 aliphatic rings. The average Bonchev–Trinajstić information content (AvgIpc) is 2.61. The maximum Gasteiger partial charge on any atom is 0.335 e. The van der Waals surface area contributed by atoms with Crippen LogP contribution in [-0.4, -0.2) is 23.9 Å². The zero-order valence-electron chi connectivity index (χ0n) is 13.6. The predicted molar refractivity (Wildman–Crippen MR) is 98.6 cm³/mol. The molecule has 4 heteroatoms. The van der Waals surface area contributed by atoms with Crippen molar-refractivity contribution in [2.45, 2.75) is 6.92 Å². The third-order valence-corrected chi connectivity index (χ3v) is 4.09. The molecule has 2 aromatic carbocycles. The summed E-state index contributed by atoms with van der Waals surface area (Å²) in [6.07, 6.45) is 4.08. The van der Waals surface area contributed by atoms with E-state index in [0.29, 0.717) is 6.61 Å². The molecule has 0 radical (unpaired) electrons. The first-order valence-electron chi connectivity index (χ1n) is 7.37. The van der Waals surface area contributed by atoms with Crippen molar-refractivity contribution < 1.29 is 14.6 Å². The molecule has 0 saturated heterocycles. The van der Waals surface area contributed by atoms with Gasteiger partial charge in [0.1, 0.15) is 12.4 Å². The van der Waals surface area contributed by atoms with Gasteiger partial charge in [0.2, 0.25) is 0 Å². The van der Waals surface area contributed by atoms with E-state index in [9.17, 15) is 4.79 Å². The van der Waals surface area contributed by atoms with Gasteiger partial charge in [0.25, 0.3) is 0 Å². The number of carbonyl (C=O) groups is 1. The quantitative estimate of drug-likeness (QED) is 0.819. The third kappa shape index (κ3) is 5.53. The number of ether oxygens (including phenoxy) is 1. The van der Waals surface area contributed by atoms with Crippen LogP contribution >= 0.6 is 11.8 Å². The summed E-state index contributed by atoms with van der Waals surface area (Å²) in [6.45, 7) is 2.60. The maximum absolute atomic E-state index is 10.8. The lowest BCUT2D eigenvalue weighted by Crippen LogP contribution is -1.95. The first kappa shape index (κ1) is 17.7. The summed E-state index contributed by atoms with van der Waals surface area (Å²) in [4.78, 5) is 12.0. The van der Waals surface area contributed by atoms with Crippen LogP contribution in [0.3, 0.4) is 0 Å². The van der Waals surface area contributed by atoms with Crippen molar-refractivity contribution in [3.63, 3.8) is 0 Å². The number of hydrogen-bond donors (Lipinski definition) is 1. The van der Waals surface area contributed by atoms with Crippen LogP contribution in [0.4, 0.5) is 0 Å². The SMILES string of the molecule is CS/C(C)=C/COc1ccc(C#Cc2ccc(C(=O)O)cc2)cc1. The van der Waals surface area contributed by atoms with Crippen molar-refractivity contribution in [3.05, 3.63) is 76.2 Å². The van der Waals surface area contributed by atoms with E-state index in [1.54, 1.807) is 36.0 Å². The van der Waals surface area contributed by atoms with Crippen molar-refractivity contribution in [2.24, 2.45) is 0 Å². The molecule has 24 heavy (non-hydrogen) atoms. The third-order valence-electron chi connectivity index (χ3n) is 3.28. The lowest BCUT2D eigenvalue weighted by molar-refractivity contribution is 0.0697. The first-order valence-corrected chi connectivity index (χ1v) is 8.60. The van der Waals surface area contributed by atoms with E-state index in [1.165, 1.54) is 4.91 Å². The second kappa shape index (κ2) is 8.85. The minimum Gasteiger partial charge on any atom is -0.490 e. The fourth-order valence-corrected chi connectivity index (χ4v) is 2.05. The normalized spacial score (nSPS) is 10.7. The Labute approximate surface area is 146 Å². The average molecular weight is 338 g/mol. The van der Waals surface area contributed by atoms with E-state index < -0.39 is 5.97 Å². The number of hydrogen-bond acceptors (Lipinski definition) is 3. The van der Waals surface area contributed by atoms with Crippen LogP contribution in [0.1, 0.15) is 28.4 Å². The van der Waals surface area contributed by atoms with Crippen LogP contribution in [0.15, 0.2) is 59.5 Å². The van der Waals surface area contributed by atoms with E-state index in [2.05, 4.69) is 18.8 Å². The lowest BCUT2D eigenvalue weighted by Gasteiger charge is -2.03. The Kier molecular flexibility index (Phi) is 6.53. The smallest absolute Gasteiger partial charge is 0.335 e. The van der Waals surface area contributed by atoms with Gasteiger partial charge in [-0.2, -0.15) is 0 Å². The van der Waals surface area contributed by atoms with Gasteiger partial charge >= 0.3 is 5.97 Å². The lowest BCUT2D eigenvalue weighted by atomic mass is 10.1. The number of carboxylic acid groups (broad SMARTS) is 1. The number of rotatable bonds is 5. The Bertz CT molecular complexity index is 778. The molecule has 2 rings (SSSR count). The van der Waals surface area contributed by atoms with E-state index in [4.69, 9.17) is 9.84 Å². The van der Waals surface area contributed by atoms with E-state index in [-0.39, 0.29) is 5.56 Å². The summed E-state index contributed by atoms with van der Waals surface area (Å²) in [5.74, 6) is 5.93. The molecule has 0 fully saturated rings. The number of allylic oxidation sites excluding steroid dienone is 1. The number of carboxylic acids is 1. The molecule has 0 saturated carbocycles. The Morgan fingerprint density at radius 2 is 1.62 bits per heavy atom. The summed E-state index contributed by atoms with van der Waals surface area (Å²) in [7, 11) is 0. The summed E-state index contributed by atoms with van der Waals surface area (Å²) in [6, 6.07) is 14.1. The van der Waals surface area contributed by atoms with Gasteiger partial charge in [-0.1, -0.05) is 11.8 Å². The molecule has 0 aliphatic carbocycles. The van der Waals surface area contributed by atoms with Gasteiger partial charge in [-0.3, -0.25) is 0 Å². The highest BCUT2D eigenvalue weighted by atomic mass is 32.2. The molecule has 0 aromatic heterocycles. The van der Waals surface area contributed by atoms with Gasteiger partial charge in [0.15, 0.2) is 0 Å². The second-order valence-corrected chi connectivity index (χ2v) is 6.04. The summed E-state index contributed by atoms with van der Waals surface area (Å²) < 4.78 is 5.64. The maximum atomic E-state index is 10.8. The topological polar surface area (TPSA) is 46.5 Å². The van der Waals surface area contributed by atoms with Crippen LogP contribution in [-0.2, 0) is 0 Å². The van der Waals surface area contributed by atoms with Crippen LogP contribution in [0, 0.1) is 11.8 Å². The van der Waals surface area contributed by atoms with Crippen molar-refractivity contribution in [3.8, 4) is 17.6 Å². The molecule has 0 aliphatic heterocycles. The van der Waals surface area contributed by atoms with Gasteiger partial charge in [-0.15, -0.1) is 11.8 Å². The molecule has 0 bridgehead atoms. The molecule has 0 amide bonds. The van der Waals surface area contributed by atoms with Crippen molar-refractivity contribution in [1.82, 2.24) is 0 Å². The monoisotopic (exact) mass is 338 g/mol. The first-order chi connectivity index (χ1) is 11.6. The molecule has 0 atom stereocenters. The van der Waals surface area contributed by atoms with E-state index in [1.807, 2.05) is 36.6 Å². The molecule has 122 valence electrons. The molecule has 1 N–H and O–H groups in total. The molecular weight excluding hydrogens is 320 g/mol. The highest BCUT2D eigenvalue weighted by Crippen LogP contribution is 2.13. The zero-order chi connectivity index (χ0) is 17.4. The van der Waals surface area contributed by atoms with Crippen LogP contribution < -0.4 is 4.74 Å². The molecule has 3 nitrogen and oxygen atoms in total. The van der Waals surface area contributed by atoms with Crippen LogP contribution in [0.2, 0.25) is 0 Å². The van der Waals surface area contributed by atoms with Gasteiger partial charge in [-0.25, -0.2) is 4.79 Å². The molecule has 0 spiro atoms. The van der Waals surface area contributed by atoms with Crippen molar-refractivity contribution in [1.29, 1.82) is 0 Å². The van der Waals surface area contributed by atoms with E-state index >= 15 is 0 Å². The van der Waals surface area contributed by atoms with E-state index in [0.717, 1.165) is 16.9 Å². The molecular formula is C20H18O3S. The number of benzene rings is 2. The Morgan fingerprint density at radius 3 is 2.12 bits per heavy atom. The Balaban J connectivity index is 1.98. The largest absolute Gasteiger partial charge is 0.490 e. The van der Waals surface area contributed by atoms with Gasteiger partial charge in [0.05, 0.1) is 5.56 Å². The summed E-state index contributed by atoms with van der Waals surface area (Å²) in [5.41, 5.74) is 1.91. The Hall–Kier alpha value is -2.64. The zero-order valence-corrected chi connectivity index (χ0v) is 14.4. The van der Waals surface area contributed by atoms with Crippen LogP contribution in [0.25, 0.3) is 0 Å². The standard InChI is InChI=1S/C20H18O3S/c1-15(24-2)13-14-23-19-11-7-17(8-12-19)4-3-16-5-9-18(10-6-16)20(21)22/h5-13H,14H2,1-2H3,(H,21,22)/b15-13+. The minimum atomic E-state index is -0.937. The molecule has 2 aromatic rings. The number of thioether (sulfide) groups is 1. The second-order valence-electron chi connectivity index (χ2n) is 4.99. The predicted octanol–water partition coefficient (Wildman–Crippen LogP) is 4.43. The Morgan fingerprint density at radius 1 is 1.08 bits per heavy atom. The minimum absolute atomic E-state index is 0.257. The molecule has 0 heterocycles. The summed E-state index contributed by atoms with van der Waals surface area (Å²) >= 11 is 1.70. The highest BCUT2D eigenvalue weighted by Gasteiger charge is 2.00. The van der Waals surface area contributed by atoms with Gasteiger partial charge in [0, 0.05) is 11.1 Å². The van der Waals surface area contributed by atoms with Gasteiger partial charge in [-0.05, 0) is 72.7 Å². The molecule has 0 unspecified atom stereocenters. The number of aromatic carboxylic acids is 1. The van der Waals surface area contributed by atoms with Crippen LogP contribution in [0.5, 0.6) is 5.75 Å². The van der Waals surface area contributed by atoms with Crippen molar-refractivity contribution in [2.75, 3.05) is 12.9 Å².